The smallest absolute Gasteiger partial charge is 0.251 e. The zero-order chi connectivity index (χ0) is 14.8. The van der Waals surface area contributed by atoms with Gasteiger partial charge in [-0.2, -0.15) is 0 Å². The molecule has 0 aromatic heterocycles. The highest BCUT2D eigenvalue weighted by Gasteiger charge is 2.09. The minimum absolute atomic E-state index is 0. The van der Waals surface area contributed by atoms with Gasteiger partial charge in [0.25, 0.3) is 5.91 Å². The maximum Gasteiger partial charge on any atom is 0.251 e. The molecule has 0 bridgehead atoms. The topological polar surface area (TPSA) is 68.8 Å². The van der Waals surface area contributed by atoms with Crippen LogP contribution in [-0.2, 0) is 4.74 Å². The number of benzene rings is 1. The van der Waals surface area contributed by atoms with E-state index in [4.69, 9.17) is 14.2 Å². The van der Waals surface area contributed by atoms with Crippen molar-refractivity contribution in [3.05, 3.63) is 23.8 Å². The van der Waals surface area contributed by atoms with Crippen LogP contribution in [0.25, 0.3) is 0 Å². The van der Waals surface area contributed by atoms with E-state index in [-0.39, 0.29) is 18.3 Å². The van der Waals surface area contributed by atoms with Crippen LogP contribution in [0, 0.1) is 0 Å². The lowest BCUT2D eigenvalue weighted by molar-refractivity contribution is 0.0953. The van der Waals surface area contributed by atoms with E-state index in [1.165, 1.54) is 0 Å². The molecule has 0 spiro atoms. The van der Waals surface area contributed by atoms with E-state index >= 15 is 0 Å². The summed E-state index contributed by atoms with van der Waals surface area (Å²) >= 11 is 0. The van der Waals surface area contributed by atoms with Crippen molar-refractivity contribution in [3.63, 3.8) is 0 Å². The van der Waals surface area contributed by atoms with Crippen LogP contribution in [-0.4, -0.2) is 53.5 Å². The quantitative estimate of drug-likeness (QED) is 0.667. The normalized spacial score (nSPS) is 9.67. The second kappa shape index (κ2) is 11.2. The number of nitrogens with one attached hydrogen (secondary N) is 2. The summed E-state index contributed by atoms with van der Waals surface area (Å²) in [6, 6.07) is 5.08. The third kappa shape index (κ3) is 7.17. The molecule has 0 fully saturated rings. The third-order valence-corrected chi connectivity index (χ3v) is 2.68. The molecule has 1 amide bonds. The molecule has 0 saturated carbocycles. The molecule has 21 heavy (non-hydrogen) atoms. The van der Waals surface area contributed by atoms with Gasteiger partial charge in [0.15, 0.2) is 0 Å². The molecule has 0 saturated heterocycles. The SMILES string of the molecule is COCCNCCNC(=O)c1cc(OC)cc(OC)c1.Cl. The fourth-order valence-corrected chi connectivity index (χ4v) is 1.60. The van der Waals surface area contributed by atoms with Gasteiger partial charge in [0.05, 0.1) is 20.8 Å². The Balaban J connectivity index is 0.00000400. The highest BCUT2D eigenvalue weighted by Crippen LogP contribution is 2.22. The van der Waals surface area contributed by atoms with Crippen LogP contribution in [0.4, 0.5) is 0 Å². The van der Waals surface area contributed by atoms with Crippen LogP contribution in [0.3, 0.4) is 0 Å². The van der Waals surface area contributed by atoms with Crippen molar-refractivity contribution in [2.45, 2.75) is 0 Å². The van der Waals surface area contributed by atoms with Gasteiger partial charge < -0.3 is 24.8 Å². The molecule has 0 aliphatic carbocycles. The number of hydrogen-bond acceptors (Lipinski definition) is 5. The fraction of sp³-hybridized carbons (Fsp3) is 0.500. The summed E-state index contributed by atoms with van der Waals surface area (Å²) in [5, 5.41) is 5.97. The Morgan fingerprint density at radius 3 is 2.14 bits per heavy atom. The van der Waals surface area contributed by atoms with Crippen molar-refractivity contribution in [3.8, 4) is 11.5 Å². The molecule has 1 aromatic rings. The lowest BCUT2D eigenvalue weighted by atomic mass is 10.2. The number of ether oxygens (including phenoxy) is 3. The zero-order valence-corrected chi connectivity index (χ0v) is 13.4. The predicted octanol–water partition coefficient (Wildman–Crippen LogP) is 1.09. The Hall–Kier alpha value is -1.50. The number of carbonyl (C=O) groups excluding carboxylic acids is 1. The van der Waals surface area contributed by atoms with Crippen LogP contribution in [0.1, 0.15) is 10.4 Å². The van der Waals surface area contributed by atoms with Crippen LogP contribution in [0.15, 0.2) is 18.2 Å². The van der Waals surface area contributed by atoms with Crippen molar-refractivity contribution >= 4 is 18.3 Å². The molecule has 0 unspecified atom stereocenters. The molecule has 120 valence electrons. The maximum absolute atomic E-state index is 12.0. The first-order valence-electron chi connectivity index (χ1n) is 6.42. The second-order valence-corrected chi connectivity index (χ2v) is 4.10. The second-order valence-electron chi connectivity index (χ2n) is 4.10. The minimum Gasteiger partial charge on any atom is -0.497 e. The van der Waals surface area contributed by atoms with E-state index in [2.05, 4.69) is 10.6 Å². The Morgan fingerprint density at radius 2 is 1.62 bits per heavy atom. The molecule has 0 atom stereocenters. The van der Waals surface area contributed by atoms with Crippen LogP contribution >= 0.6 is 12.4 Å². The van der Waals surface area contributed by atoms with Gasteiger partial charge in [-0.3, -0.25) is 4.79 Å². The first-order valence-corrected chi connectivity index (χ1v) is 6.42. The van der Waals surface area contributed by atoms with Gasteiger partial charge in [0, 0.05) is 38.4 Å². The molecule has 1 rings (SSSR count). The average molecular weight is 319 g/mol. The lowest BCUT2D eigenvalue weighted by Gasteiger charge is -2.09. The summed E-state index contributed by atoms with van der Waals surface area (Å²) < 4.78 is 15.2. The average Bonchev–Trinajstić information content (AvgIpc) is 2.49. The summed E-state index contributed by atoms with van der Waals surface area (Å²) in [5.74, 6) is 1.02. The van der Waals surface area contributed by atoms with Crippen molar-refractivity contribution < 1.29 is 19.0 Å². The highest BCUT2D eigenvalue weighted by atomic mass is 35.5. The van der Waals surface area contributed by atoms with Gasteiger partial charge in [-0.1, -0.05) is 0 Å². The van der Waals surface area contributed by atoms with E-state index < -0.39 is 0 Å². The highest BCUT2D eigenvalue weighted by molar-refractivity contribution is 5.95. The molecule has 7 heteroatoms. The monoisotopic (exact) mass is 318 g/mol. The molecule has 0 aliphatic rings. The number of methoxy groups -OCH3 is 3. The Labute approximate surface area is 131 Å². The molecule has 0 radical (unpaired) electrons. The van der Waals surface area contributed by atoms with Gasteiger partial charge in [-0.25, -0.2) is 0 Å². The van der Waals surface area contributed by atoms with Crippen molar-refractivity contribution in [2.75, 3.05) is 47.6 Å². The largest absolute Gasteiger partial charge is 0.497 e. The summed E-state index contributed by atoms with van der Waals surface area (Å²) in [4.78, 5) is 12.0. The number of rotatable bonds is 9. The minimum atomic E-state index is -0.157. The summed E-state index contributed by atoms with van der Waals surface area (Å²) in [6.45, 7) is 2.65. The fourth-order valence-electron chi connectivity index (χ4n) is 1.60. The first-order chi connectivity index (χ1) is 9.71. The predicted molar refractivity (Wildman–Crippen MR) is 83.9 cm³/mol. The van der Waals surface area contributed by atoms with E-state index in [0.717, 1.165) is 6.54 Å². The van der Waals surface area contributed by atoms with Crippen molar-refractivity contribution in [1.82, 2.24) is 10.6 Å². The molecule has 1 aromatic carbocycles. The number of amides is 1. The maximum atomic E-state index is 12.0. The lowest BCUT2D eigenvalue weighted by Crippen LogP contribution is -2.33. The van der Waals surface area contributed by atoms with Crippen LogP contribution in [0.2, 0.25) is 0 Å². The Morgan fingerprint density at radius 1 is 1.00 bits per heavy atom. The van der Waals surface area contributed by atoms with Gasteiger partial charge in [-0.15, -0.1) is 12.4 Å². The summed E-state index contributed by atoms with van der Waals surface area (Å²) in [6.07, 6.45) is 0. The number of halogens is 1. The molecule has 0 aliphatic heterocycles. The molecule has 0 heterocycles. The third-order valence-electron chi connectivity index (χ3n) is 2.68. The Bertz CT molecular complexity index is 407. The van der Waals surface area contributed by atoms with E-state index in [0.29, 0.717) is 36.8 Å². The van der Waals surface area contributed by atoms with Crippen LogP contribution in [0.5, 0.6) is 11.5 Å². The van der Waals surface area contributed by atoms with Crippen LogP contribution < -0.4 is 20.1 Å². The summed E-state index contributed by atoms with van der Waals surface area (Å²) in [5.41, 5.74) is 0.512. The van der Waals surface area contributed by atoms with Gasteiger partial charge in [0.2, 0.25) is 0 Å². The number of hydrogen-bond donors (Lipinski definition) is 2. The van der Waals surface area contributed by atoms with E-state index in [9.17, 15) is 4.79 Å². The van der Waals surface area contributed by atoms with E-state index in [1.807, 2.05) is 0 Å². The molecule has 2 N–H and O–H groups in total. The molecular weight excluding hydrogens is 296 g/mol. The number of carbonyl (C=O) groups is 1. The standard InChI is InChI=1S/C14H22N2O4.ClH/c1-18-7-6-15-4-5-16-14(17)11-8-12(19-2)10-13(9-11)20-3;/h8-10,15H,4-7H2,1-3H3,(H,16,17);1H. The van der Waals surface area contributed by atoms with Crippen molar-refractivity contribution in [2.24, 2.45) is 0 Å². The van der Waals surface area contributed by atoms with Gasteiger partial charge >= 0.3 is 0 Å². The molecule has 6 nitrogen and oxygen atoms in total. The van der Waals surface area contributed by atoms with E-state index in [1.54, 1.807) is 39.5 Å². The summed E-state index contributed by atoms with van der Waals surface area (Å²) in [7, 11) is 4.76. The zero-order valence-electron chi connectivity index (χ0n) is 12.6. The Kier molecular flexibility index (Phi) is 10.4. The van der Waals surface area contributed by atoms with Gasteiger partial charge in [-0.05, 0) is 12.1 Å². The van der Waals surface area contributed by atoms with Gasteiger partial charge in [0.1, 0.15) is 11.5 Å². The molecular formula is C14H23ClN2O4. The van der Waals surface area contributed by atoms with Crippen molar-refractivity contribution in [1.29, 1.82) is 0 Å². The first kappa shape index (κ1) is 19.5.